The third kappa shape index (κ3) is 4.27. The van der Waals surface area contributed by atoms with Crippen LogP contribution in [0.2, 0.25) is 0 Å². The van der Waals surface area contributed by atoms with Gasteiger partial charge in [0.2, 0.25) is 0 Å². The molecule has 0 saturated carbocycles. The van der Waals surface area contributed by atoms with Crippen LogP contribution in [0.1, 0.15) is 26.3 Å². The largest absolute Gasteiger partial charge is 0.459 e. The second-order valence-electron chi connectivity index (χ2n) is 7.81. The maximum Gasteiger partial charge on any atom is 0.321 e. The molecular weight excluding hydrogens is 396 g/mol. The fourth-order valence-electron chi connectivity index (χ4n) is 3.98. The lowest BCUT2D eigenvalue weighted by Gasteiger charge is -2.29. The smallest absolute Gasteiger partial charge is 0.321 e. The van der Waals surface area contributed by atoms with Crippen molar-refractivity contribution in [3.63, 3.8) is 0 Å². The molecule has 6 nitrogen and oxygen atoms in total. The van der Waals surface area contributed by atoms with Gasteiger partial charge in [-0.25, -0.2) is 0 Å². The van der Waals surface area contributed by atoms with Crippen LogP contribution in [0.4, 0.5) is 0 Å². The van der Waals surface area contributed by atoms with E-state index in [9.17, 15) is 4.79 Å². The average molecular weight is 421 g/mol. The summed E-state index contributed by atoms with van der Waals surface area (Å²) in [5.74, 6) is -1.49. The Labute approximate surface area is 175 Å². The van der Waals surface area contributed by atoms with E-state index in [1.165, 1.54) is 0 Å². The first-order valence-corrected chi connectivity index (χ1v) is 10.3. The number of carbonyl (C=O) groups is 1. The summed E-state index contributed by atoms with van der Waals surface area (Å²) in [4.78, 5) is 11.6. The standard InChI is InChI=1S/C22H25ClO6/c1-13(26-17(24)11-23)18-19(20-21(27-18)29-22(2,3)28-20)25-12-15-9-6-8-14-7-4-5-10-16(14)15/h4-10,13,18-21H,11-12H2,1-3H3/t13-,18-,19+,20-,21-/m1/s1. The lowest BCUT2D eigenvalue weighted by molar-refractivity contribution is -0.231. The van der Waals surface area contributed by atoms with Crippen molar-refractivity contribution in [3.8, 4) is 0 Å². The van der Waals surface area contributed by atoms with Gasteiger partial charge in [-0.2, -0.15) is 0 Å². The minimum atomic E-state index is -0.766. The van der Waals surface area contributed by atoms with Crippen LogP contribution in [0.5, 0.6) is 0 Å². The van der Waals surface area contributed by atoms with Crippen molar-refractivity contribution in [2.75, 3.05) is 5.88 Å². The van der Waals surface area contributed by atoms with E-state index in [1.807, 2.05) is 38.1 Å². The third-order valence-electron chi connectivity index (χ3n) is 5.23. The highest BCUT2D eigenvalue weighted by Gasteiger charge is 2.57. The molecule has 2 saturated heterocycles. The Morgan fingerprint density at radius 3 is 2.72 bits per heavy atom. The summed E-state index contributed by atoms with van der Waals surface area (Å²) in [6.07, 6.45) is -2.53. The molecule has 0 amide bonds. The molecule has 2 heterocycles. The fraction of sp³-hybridized carbons (Fsp3) is 0.500. The Morgan fingerprint density at radius 1 is 1.17 bits per heavy atom. The van der Waals surface area contributed by atoms with E-state index in [-0.39, 0.29) is 5.88 Å². The van der Waals surface area contributed by atoms with Crippen LogP contribution >= 0.6 is 11.6 Å². The summed E-state index contributed by atoms with van der Waals surface area (Å²) >= 11 is 5.57. The molecule has 0 bridgehead atoms. The van der Waals surface area contributed by atoms with E-state index in [1.54, 1.807) is 6.92 Å². The summed E-state index contributed by atoms with van der Waals surface area (Å²) < 4.78 is 29.6. The molecule has 5 atom stereocenters. The lowest BCUT2D eigenvalue weighted by atomic mass is 10.0. The van der Waals surface area contributed by atoms with Gasteiger partial charge in [0.15, 0.2) is 12.1 Å². The van der Waals surface area contributed by atoms with Crippen LogP contribution in [-0.2, 0) is 35.1 Å². The highest BCUT2D eigenvalue weighted by atomic mass is 35.5. The van der Waals surface area contributed by atoms with E-state index >= 15 is 0 Å². The maximum atomic E-state index is 11.6. The van der Waals surface area contributed by atoms with E-state index in [0.29, 0.717) is 6.61 Å². The van der Waals surface area contributed by atoms with E-state index in [2.05, 4.69) is 18.2 Å². The van der Waals surface area contributed by atoms with Crippen molar-refractivity contribution < 1.29 is 28.5 Å². The van der Waals surface area contributed by atoms with E-state index in [0.717, 1.165) is 16.3 Å². The molecule has 156 valence electrons. The molecule has 2 fully saturated rings. The van der Waals surface area contributed by atoms with Gasteiger partial charge in [0.1, 0.15) is 30.3 Å². The lowest BCUT2D eigenvalue weighted by Crippen LogP contribution is -2.43. The zero-order valence-electron chi connectivity index (χ0n) is 16.7. The van der Waals surface area contributed by atoms with Gasteiger partial charge in [0.05, 0.1) is 6.61 Å². The van der Waals surface area contributed by atoms with Crippen LogP contribution in [0.25, 0.3) is 10.8 Å². The first kappa shape index (κ1) is 20.6. The van der Waals surface area contributed by atoms with Crippen LogP contribution < -0.4 is 0 Å². The minimum absolute atomic E-state index is 0.217. The molecule has 0 unspecified atom stereocenters. The van der Waals surface area contributed by atoms with Gasteiger partial charge in [0.25, 0.3) is 0 Å². The predicted octanol–water partition coefficient (Wildman–Crippen LogP) is 3.77. The van der Waals surface area contributed by atoms with E-state index in [4.69, 9.17) is 35.3 Å². The predicted molar refractivity (Wildman–Crippen MR) is 107 cm³/mol. The molecule has 2 aromatic carbocycles. The van der Waals surface area contributed by atoms with Crippen LogP contribution in [-0.4, -0.2) is 48.3 Å². The number of alkyl halides is 1. The number of halogens is 1. The Hall–Kier alpha value is -1.70. The maximum absolute atomic E-state index is 11.6. The van der Waals surface area contributed by atoms with E-state index < -0.39 is 42.5 Å². The molecule has 2 aliphatic rings. The zero-order chi connectivity index (χ0) is 20.6. The van der Waals surface area contributed by atoms with Gasteiger partial charge in [0, 0.05) is 0 Å². The van der Waals surface area contributed by atoms with Crippen LogP contribution in [0.15, 0.2) is 42.5 Å². The molecule has 0 spiro atoms. The second-order valence-corrected chi connectivity index (χ2v) is 8.08. The summed E-state index contributed by atoms with van der Waals surface area (Å²) in [7, 11) is 0. The van der Waals surface area contributed by atoms with Crippen molar-refractivity contribution in [2.45, 2.75) is 63.9 Å². The van der Waals surface area contributed by atoms with Gasteiger partial charge in [-0.05, 0) is 37.1 Å². The Kier molecular flexibility index (Phi) is 5.82. The van der Waals surface area contributed by atoms with Crippen LogP contribution in [0, 0.1) is 0 Å². The van der Waals surface area contributed by atoms with Crippen LogP contribution in [0.3, 0.4) is 0 Å². The summed E-state index contributed by atoms with van der Waals surface area (Å²) in [5, 5.41) is 2.28. The van der Waals surface area contributed by atoms with Crippen molar-refractivity contribution in [3.05, 3.63) is 48.0 Å². The number of ether oxygens (including phenoxy) is 5. The van der Waals surface area contributed by atoms with Crippen molar-refractivity contribution in [1.29, 1.82) is 0 Å². The first-order chi connectivity index (χ1) is 13.9. The Morgan fingerprint density at radius 2 is 1.93 bits per heavy atom. The van der Waals surface area contributed by atoms with Crippen molar-refractivity contribution >= 4 is 28.3 Å². The van der Waals surface area contributed by atoms with Gasteiger partial charge in [-0.15, -0.1) is 11.6 Å². The summed E-state index contributed by atoms with van der Waals surface area (Å²) in [6.45, 7) is 5.80. The molecule has 0 aliphatic carbocycles. The molecule has 4 rings (SSSR count). The summed E-state index contributed by atoms with van der Waals surface area (Å²) in [5.41, 5.74) is 1.06. The Bertz CT molecular complexity index is 879. The number of benzene rings is 2. The minimum Gasteiger partial charge on any atom is -0.459 e. The fourth-order valence-corrected chi connectivity index (χ4v) is 4.04. The average Bonchev–Trinajstić information content (AvgIpc) is 3.18. The number of carbonyl (C=O) groups excluding carboxylic acids is 1. The number of fused-ring (bicyclic) bond motifs is 2. The quantitative estimate of drug-likeness (QED) is 0.523. The summed E-state index contributed by atoms with van der Waals surface area (Å²) in [6, 6.07) is 14.3. The monoisotopic (exact) mass is 420 g/mol. The molecule has 2 aliphatic heterocycles. The van der Waals surface area contributed by atoms with Gasteiger partial charge >= 0.3 is 5.97 Å². The zero-order valence-corrected chi connectivity index (χ0v) is 17.4. The normalized spacial score (nSPS) is 29.0. The first-order valence-electron chi connectivity index (χ1n) is 9.73. The second kappa shape index (κ2) is 8.20. The molecule has 0 N–H and O–H groups in total. The Balaban J connectivity index is 1.54. The number of esters is 1. The number of rotatable bonds is 6. The highest BCUT2D eigenvalue weighted by Crippen LogP contribution is 2.40. The molecular formula is C22H25ClO6. The van der Waals surface area contributed by atoms with Crippen molar-refractivity contribution in [1.82, 2.24) is 0 Å². The highest BCUT2D eigenvalue weighted by molar-refractivity contribution is 6.26. The topological polar surface area (TPSA) is 63.2 Å². The molecule has 2 aromatic rings. The van der Waals surface area contributed by atoms with Gasteiger partial charge < -0.3 is 23.7 Å². The van der Waals surface area contributed by atoms with Gasteiger partial charge in [-0.3, -0.25) is 4.79 Å². The number of hydrogen-bond donors (Lipinski definition) is 0. The molecule has 0 aromatic heterocycles. The van der Waals surface area contributed by atoms with Gasteiger partial charge in [-0.1, -0.05) is 42.5 Å². The molecule has 29 heavy (non-hydrogen) atoms. The molecule has 7 heteroatoms. The van der Waals surface area contributed by atoms with Crippen molar-refractivity contribution in [2.24, 2.45) is 0 Å². The molecule has 0 radical (unpaired) electrons. The number of hydrogen-bond acceptors (Lipinski definition) is 6. The SMILES string of the molecule is C[C@@H](OC(=O)CCl)[C@H]1O[C@@H]2OC(C)(C)O[C@@H]2[C@H]1OCc1cccc2ccccc12. The third-order valence-corrected chi connectivity index (χ3v) is 5.45.